The van der Waals surface area contributed by atoms with Crippen molar-refractivity contribution in [2.45, 2.75) is 57.9 Å². The van der Waals surface area contributed by atoms with Crippen LogP contribution >= 0.6 is 0 Å². The van der Waals surface area contributed by atoms with Gasteiger partial charge in [0.05, 0.1) is 5.54 Å². The van der Waals surface area contributed by atoms with Gasteiger partial charge in [-0.2, -0.15) is 0 Å². The summed E-state index contributed by atoms with van der Waals surface area (Å²) in [5.41, 5.74) is 10.5. The van der Waals surface area contributed by atoms with Crippen molar-refractivity contribution in [3.05, 3.63) is 28.8 Å². The largest absolute Gasteiger partial charge is 0.399 e. The summed E-state index contributed by atoms with van der Waals surface area (Å²) >= 11 is 0. The summed E-state index contributed by atoms with van der Waals surface area (Å²) in [6.45, 7) is 8.91. The number of hydrogen-bond donors (Lipinski definition) is 2. The third kappa shape index (κ3) is 3.09. The van der Waals surface area contributed by atoms with Gasteiger partial charge in [-0.15, -0.1) is 0 Å². The van der Waals surface area contributed by atoms with Crippen LogP contribution in [0.5, 0.6) is 0 Å². The molecular weight excluding hydrogens is 286 g/mol. The van der Waals surface area contributed by atoms with E-state index in [1.54, 1.807) is 0 Å². The summed E-state index contributed by atoms with van der Waals surface area (Å²) < 4.78 is 0. The van der Waals surface area contributed by atoms with Gasteiger partial charge in [0.25, 0.3) is 0 Å². The topological polar surface area (TPSA) is 58.4 Å². The molecule has 4 nitrogen and oxygen atoms in total. The second-order valence-electron chi connectivity index (χ2n) is 7.24. The number of hydrogen-bond acceptors (Lipinski definition) is 3. The van der Waals surface area contributed by atoms with E-state index in [2.05, 4.69) is 43.1 Å². The molecule has 1 saturated heterocycles. The summed E-state index contributed by atoms with van der Waals surface area (Å²) in [5.74, 6) is 0.871. The molecule has 1 amide bonds. The van der Waals surface area contributed by atoms with Gasteiger partial charge >= 0.3 is 0 Å². The molecule has 1 aliphatic heterocycles. The van der Waals surface area contributed by atoms with Crippen molar-refractivity contribution in [2.75, 3.05) is 25.4 Å². The fourth-order valence-electron chi connectivity index (χ4n) is 3.93. The highest BCUT2D eigenvalue weighted by molar-refractivity contribution is 5.89. The highest BCUT2D eigenvalue weighted by Crippen LogP contribution is 2.39. The molecular formula is C19H29N3O. The zero-order valence-corrected chi connectivity index (χ0v) is 14.6. The van der Waals surface area contributed by atoms with E-state index >= 15 is 0 Å². The number of nitrogens with one attached hydrogen (secondary N) is 1. The highest BCUT2D eigenvalue weighted by atomic mass is 16.2. The molecule has 0 unspecified atom stereocenters. The van der Waals surface area contributed by atoms with Crippen molar-refractivity contribution in [1.82, 2.24) is 10.2 Å². The molecule has 1 aromatic rings. The minimum atomic E-state index is -0.227. The van der Waals surface area contributed by atoms with Gasteiger partial charge in [-0.25, -0.2) is 0 Å². The first kappa shape index (κ1) is 16.3. The predicted octanol–water partition coefficient (Wildman–Crippen LogP) is 2.73. The number of likely N-dealkylation sites (N-methyl/N-ethyl adjacent to an activating group) is 1. The van der Waals surface area contributed by atoms with Crippen molar-refractivity contribution in [2.24, 2.45) is 0 Å². The molecule has 0 radical (unpaired) electrons. The maximum Gasteiger partial charge on any atom is 0.242 e. The Morgan fingerprint density at radius 2 is 1.91 bits per heavy atom. The third-order valence-electron chi connectivity index (χ3n) is 5.55. The number of benzene rings is 1. The van der Waals surface area contributed by atoms with Crippen molar-refractivity contribution < 1.29 is 4.79 Å². The van der Waals surface area contributed by atoms with Gasteiger partial charge in [-0.1, -0.05) is 13.0 Å². The third-order valence-corrected chi connectivity index (χ3v) is 5.55. The van der Waals surface area contributed by atoms with Crippen molar-refractivity contribution in [3.63, 3.8) is 0 Å². The Morgan fingerprint density at radius 3 is 2.48 bits per heavy atom. The molecule has 0 spiro atoms. The van der Waals surface area contributed by atoms with Gasteiger partial charge < -0.3 is 16.0 Å². The number of anilines is 1. The number of rotatable bonds is 4. The summed E-state index contributed by atoms with van der Waals surface area (Å²) in [7, 11) is 0. The van der Waals surface area contributed by atoms with Crippen LogP contribution in [0.4, 0.5) is 5.69 Å². The van der Waals surface area contributed by atoms with E-state index in [4.69, 9.17) is 5.73 Å². The average Bonchev–Trinajstić information content (AvgIpc) is 3.32. The number of nitrogens with two attached hydrogens (primary N) is 1. The maximum absolute atomic E-state index is 12.7. The molecule has 3 N–H and O–H groups in total. The minimum absolute atomic E-state index is 0.227. The predicted molar refractivity (Wildman–Crippen MR) is 94.5 cm³/mol. The zero-order valence-electron chi connectivity index (χ0n) is 14.6. The summed E-state index contributed by atoms with van der Waals surface area (Å²) in [4.78, 5) is 14.8. The molecule has 0 atom stereocenters. The molecule has 2 aliphatic rings. The van der Waals surface area contributed by atoms with Crippen molar-refractivity contribution in [3.8, 4) is 0 Å². The van der Waals surface area contributed by atoms with Crippen LogP contribution in [0.3, 0.4) is 0 Å². The van der Waals surface area contributed by atoms with E-state index in [1.807, 2.05) is 0 Å². The fraction of sp³-hybridized carbons (Fsp3) is 0.632. The van der Waals surface area contributed by atoms with Crippen LogP contribution in [0.2, 0.25) is 0 Å². The van der Waals surface area contributed by atoms with Crippen LogP contribution in [-0.2, 0) is 4.79 Å². The highest BCUT2D eigenvalue weighted by Gasteiger charge is 2.51. The molecule has 1 saturated carbocycles. The SMILES string of the molecule is CCNC1(C(=O)N2CCC(c3cc(C)c(N)cc3C)CC2)CC1. The van der Waals surface area contributed by atoms with Crippen LogP contribution in [0.25, 0.3) is 0 Å². The number of aryl methyl sites for hydroxylation is 2. The first-order chi connectivity index (χ1) is 11.0. The smallest absolute Gasteiger partial charge is 0.242 e. The Kier molecular flexibility index (Phi) is 4.37. The van der Waals surface area contributed by atoms with Gasteiger partial charge in [0, 0.05) is 18.8 Å². The molecule has 2 fully saturated rings. The summed E-state index contributed by atoms with van der Waals surface area (Å²) in [6, 6.07) is 4.33. The molecule has 1 aliphatic carbocycles. The maximum atomic E-state index is 12.7. The number of carbonyl (C=O) groups excluding carboxylic acids is 1. The van der Waals surface area contributed by atoms with Crippen LogP contribution < -0.4 is 11.1 Å². The summed E-state index contributed by atoms with van der Waals surface area (Å²) in [5, 5.41) is 3.39. The van der Waals surface area contributed by atoms with E-state index in [0.29, 0.717) is 11.8 Å². The first-order valence-electron chi connectivity index (χ1n) is 8.88. The molecule has 0 bridgehead atoms. The Morgan fingerprint density at radius 1 is 1.26 bits per heavy atom. The second kappa shape index (κ2) is 6.16. The van der Waals surface area contributed by atoms with Crippen LogP contribution in [0, 0.1) is 13.8 Å². The van der Waals surface area contributed by atoms with Gasteiger partial charge in [0.1, 0.15) is 0 Å². The lowest BCUT2D eigenvalue weighted by molar-refractivity contribution is -0.135. The monoisotopic (exact) mass is 315 g/mol. The van der Waals surface area contributed by atoms with E-state index in [0.717, 1.165) is 56.6 Å². The van der Waals surface area contributed by atoms with Gasteiger partial charge in [0.2, 0.25) is 5.91 Å². The standard InChI is InChI=1S/C19H29N3O/c1-4-21-19(7-8-19)18(23)22-9-5-15(6-10-22)16-11-14(3)17(20)12-13(16)2/h11-12,15,21H,4-10,20H2,1-3H3. The van der Waals surface area contributed by atoms with Crippen LogP contribution in [-0.4, -0.2) is 36.0 Å². The van der Waals surface area contributed by atoms with Crippen molar-refractivity contribution >= 4 is 11.6 Å². The van der Waals surface area contributed by atoms with Crippen LogP contribution in [0.15, 0.2) is 12.1 Å². The summed E-state index contributed by atoms with van der Waals surface area (Å²) in [6.07, 6.45) is 4.10. The molecule has 23 heavy (non-hydrogen) atoms. The Hall–Kier alpha value is -1.55. The number of nitrogens with zero attached hydrogens (tertiary/aromatic N) is 1. The normalized spacial score (nSPS) is 20.6. The first-order valence-corrected chi connectivity index (χ1v) is 8.88. The number of nitrogen functional groups attached to an aromatic ring is 1. The van der Waals surface area contributed by atoms with E-state index in [9.17, 15) is 4.79 Å². The molecule has 1 aromatic carbocycles. The van der Waals surface area contributed by atoms with E-state index in [-0.39, 0.29) is 5.54 Å². The molecule has 126 valence electrons. The molecule has 3 rings (SSSR count). The van der Waals surface area contributed by atoms with E-state index < -0.39 is 0 Å². The Bertz CT molecular complexity index is 599. The number of piperidine rings is 1. The van der Waals surface area contributed by atoms with Gasteiger partial charge in [0.15, 0.2) is 0 Å². The number of likely N-dealkylation sites (tertiary alicyclic amines) is 1. The zero-order chi connectivity index (χ0) is 16.6. The fourth-order valence-corrected chi connectivity index (χ4v) is 3.93. The quantitative estimate of drug-likeness (QED) is 0.840. The Balaban J connectivity index is 1.65. The molecule has 0 aromatic heterocycles. The lowest BCUT2D eigenvalue weighted by Crippen LogP contribution is -2.50. The molecule has 1 heterocycles. The average molecular weight is 315 g/mol. The molecule has 4 heteroatoms. The number of amides is 1. The lowest BCUT2D eigenvalue weighted by atomic mass is 9.85. The van der Waals surface area contributed by atoms with Crippen LogP contribution in [0.1, 0.15) is 55.2 Å². The van der Waals surface area contributed by atoms with Gasteiger partial charge in [-0.05, 0) is 74.8 Å². The number of carbonyl (C=O) groups is 1. The van der Waals surface area contributed by atoms with E-state index in [1.165, 1.54) is 11.1 Å². The lowest BCUT2D eigenvalue weighted by Gasteiger charge is -2.35. The minimum Gasteiger partial charge on any atom is -0.399 e. The van der Waals surface area contributed by atoms with Gasteiger partial charge in [-0.3, -0.25) is 4.79 Å². The van der Waals surface area contributed by atoms with Crippen molar-refractivity contribution in [1.29, 1.82) is 0 Å². The second-order valence-corrected chi connectivity index (χ2v) is 7.24. The Labute approximate surface area is 139 Å².